The molecule has 0 spiro atoms. The third-order valence-electron chi connectivity index (χ3n) is 9.66. The quantitative estimate of drug-likeness (QED) is 0.178. The Kier molecular flexibility index (Phi) is 6.61. The minimum atomic E-state index is 1.13. The van der Waals surface area contributed by atoms with E-state index in [9.17, 15) is 0 Å². The van der Waals surface area contributed by atoms with Crippen LogP contribution in [0.3, 0.4) is 0 Å². The molecule has 0 unspecified atom stereocenters. The predicted octanol–water partition coefficient (Wildman–Crippen LogP) is 14.4. The van der Waals surface area contributed by atoms with Gasteiger partial charge in [0.15, 0.2) is 0 Å². The Labute approximate surface area is 292 Å². The second-order valence-corrected chi connectivity index (χ2v) is 14.6. The highest BCUT2D eigenvalue weighted by Crippen LogP contribution is 2.48. The minimum absolute atomic E-state index is 1.13. The van der Waals surface area contributed by atoms with Crippen molar-refractivity contribution >= 4 is 90.9 Å². The van der Waals surface area contributed by atoms with Crippen molar-refractivity contribution < 1.29 is 0 Å². The number of hydrogen-bond acceptors (Lipinski definition) is 3. The van der Waals surface area contributed by atoms with Crippen molar-refractivity contribution in [1.29, 1.82) is 0 Å². The maximum Gasteiger partial charge on any atom is 0.0646 e. The number of nitrogens with zero attached hydrogens (tertiary/aromatic N) is 1. The lowest BCUT2D eigenvalue weighted by Gasteiger charge is -2.27. The number of benzene rings is 8. The van der Waals surface area contributed by atoms with Crippen molar-refractivity contribution in [2.45, 2.75) is 0 Å². The van der Waals surface area contributed by atoms with Gasteiger partial charge >= 0.3 is 0 Å². The standard InChI is InChI=1S/C46H29NS2/c1-2-11-30(12-3-1)31-21-25-34(26-22-31)47(40-29-33-13-4-5-14-37(33)45-39-16-7-9-19-42(39)49-46(40)45)35-27-23-32(24-28-35)36-17-10-20-43-44(36)38-15-6-8-18-41(38)48-43/h1-29H. The van der Waals surface area contributed by atoms with E-state index in [0.717, 1.165) is 11.4 Å². The van der Waals surface area contributed by atoms with Crippen LogP contribution in [-0.4, -0.2) is 0 Å². The first-order chi connectivity index (χ1) is 24.3. The van der Waals surface area contributed by atoms with E-state index >= 15 is 0 Å². The zero-order valence-corrected chi connectivity index (χ0v) is 28.1. The summed E-state index contributed by atoms with van der Waals surface area (Å²) in [4.78, 5) is 2.45. The fourth-order valence-electron chi connectivity index (χ4n) is 7.39. The first-order valence-corrected chi connectivity index (χ1v) is 18.2. The second-order valence-electron chi connectivity index (χ2n) is 12.5. The van der Waals surface area contributed by atoms with Crippen molar-refractivity contribution in [1.82, 2.24) is 0 Å². The van der Waals surface area contributed by atoms with Crippen LogP contribution in [0, 0.1) is 0 Å². The number of hydrogen-bond donors (Lipinski definition) is 0. The number of rotatable bonds is 5. The van der Waals surface area contributed by atoms with Crippen LogP contribution in [0.1, 0.15) is 0 Å². The highest BCUT2D eigenvalue weighted by Gasteiger charge is 2.21. The van der Waals surface area contributed by atoms with Crippen LogP contribution in [0.4, 0.5) is 17.1 Å². The largest absolute Gasteiger partial charge is 0.309 e. The smallest absolute Gasteiger partial charge is 0.0646 e. The summed E-state index contributed by atoms with van der Waals surface area (Å²) in [7, 11) is 0. The molecule has 0 radical (unpaired) electrons. The van der Waals surface area contributed by atoms with Crippen LogP contribution in [-0.2, 0) is 0 Å². The second kappa shape index (κ2) is 11.5. The molecule has 0 aliphatic carbocycles. The molecule has 0 amide bonds. The predicted molar refractivity (Wildman–Crippen MR) is 215 cm³/mol. The van der Waals surface area contributed by atoms with Gasteiger partial charge in [0, 0.05) is 47.0 Å². The van der Waals surface area contributed by atoms with Gasteiger partial charge in [-0.2, -0.15) is 0 Å². The van der Waals surface area contributed by atoms with Crippen LogP contribution in [0.2, 0.25) is 0 Å². The number of fused-ring (bicyclic) bond motifs is 8. The molecule has 2 heterocycles. The average molecular weight is 660 g/mol. The molecule has 0 fully saturated rings. The molecule has 0 N–H and O–H groups in total. The SMILES string of the molecule is c1ccc(-c2ccc(N(c3ccc(-c4cccc5sc6ccccc6c45)cc3)c3cc4ccccc4c4c3sc3ccccc34)cc2)cc1. The van der Waals surface area contributed by atoms with Crippen LogP contribution < -0.4 is 4.90 Å². The number of thiophene rings is 2. The van der Waals surface area contributed by atoms with E-state index in [1.54, 1.807) is 0 Å². The summed E-state index contributed by atoms with van der Waals surface area (Å²) >= 11 is 3.75. The van der Waals surface area contributed by atoms with E-state index in [0.29, 0.717) is 0 Å². The molecule has 1 nitrogen and oxygen atoms in total. The van der Waals surface area contributed by atoms with Gasteiger partial charge in [0.1, 0.15) is 0 Å². The van der Waals surface area contributed by atoms with Crippen LogP contribution in [0.5, 0.6) is 0 Å². The Morgan fingerprint density at radius 3 is 1.65 bits per heavy atom. The number of anilines is 3. The lowest BCUT2D eigenvalue weighted by atomic mass is 9.98. The summed E-state index contributed by atoms with van der Waals surface area (Å²) in [5.41, 5.74) is 8.39. The molecule has 10 aromatic rings. The monoisotopic (exact) mass is 659 g/mol. The van der Waals surface area contributed by atoms with Gasteiger partial charge in [0.05, 0.1) is 10.4 Å². The molecule has 0 bridgehead atoms. The van der Waals surface area contributed by atoms with Gasteiger partial charge < -0.3 is 4.90 Å². The van der Waals surface area contributed by atoms with Crippen molar-refractivity contribution in [3.05, 3.63) is 176 Å². The van der Waals surface area contributed by atoms with Gasteiger partial charge in [0.2, 0.25) is 0 Å². The molecule has 2 aromatic heterocycles. The molecular formula is C46H29NS2. The van der Waals surface area contributed by atoms with Crippen LogP contribution >= 0.6 is 22.7 Å². The highest BCUT2D eigenvalue weighted by molar-refractivity contribution is 7.26. The lowest BCUT2D eigenvalue weighted by Crippen LogP contribution is -2.10. The van der Waals surface area contributed by atoms with Gasteiger partial charge in [-0.1, -0.05) is 127 Å². The topological polar surface area (TPSA) is 3.24 Å². The maximum atomic E-state index is 2.45. The molecule has 0 aliphatic rings. The van der Waals surface area contributed by atoms with Gasteiger partial charge in [-0.3, -0.25) is 0 Å². The Bertz CT molecular complexity index is 2810. The minimum Gasteiger partial charge on any atom is -0.309 e. The molecule has 0 saturated heterocycles. The summed E-state index contributed by atoms with van der Waals surface area (Å²) in [5.74, 6) is 0. The van der Waals surface area contributed by atoms with E-state index in [1.165, 1.54) is 79.1 Å². The van der Waals surface area contributed by atoms with Gasteiger partial charge in [-0.15, -0.1) is 22.7 Å². The highest BCUT2D eigenvalue weighted by atomic mass is 32.1. The van der Waals surface area contributed by atoms with Crippen molar-refractivity contribution in [2.75, 3.05) is 4.90 Å². The Balaban J connectivity index is 1.19. The molecule has 49 heavy (non-hydrogen) atoms. The van der Waals surface area contributed by atoms with Crippen LogP contribution in [0.25, 0.3) is 73.4 Å². The van der Waals surface area contributed by atoms with Crippen molar-refractivity contribution in [2.24, 2.45) is 0 Å². The summed E-state index contributed by atoms with van der Waals surface area (Å²) in [6, 6.07) is 64.3. The molecule has 0 saturated carbocycles. The van der Waals surface area contributed by atoms with E-state index in [4.69, 9.17) is 0 Å². The Morgan fingerprint density at radius 1 is 0.367 bits per heavy atom. The first kappa shape index (κ1) is 28.3. The molecule has 10 rings (SSSR count). The molecule has 230 valence electrons. The van der Waals surface area contributed by atoms with Crippen LogP contribution in [0.15, 0.2) is 176 Å². The molecular weight excluding hydrogens is 631 g/mol. The van der Waals surface area contributed by atoms with E-state index in [1.807, 2.05) is 22.7 Å². The molecule has 3 heteroatoms. The zero-order chi connectivity index (χ0) is 32.3. The summed E-state index contributed by atoms with van der Waals surface area (Å²) < 4.78 is 5.26. The van der Waals surface area contributed by atoms with Crippen molar-refractivity contribution in [3.8, 4) is 22.3 Å². The van der Waals surface area contributed by atoms with Gasteiger partial charge in [0.25, 0.3) is 0 Å². The van der Waals surface area contributed by atoms with Crippen molar-refractivity contribution in [3.63, 3.8) is 0 Å². The van der Waals surface area contributed by atoms with E-state index in [-0.39, 0.29) is 0 Å². The summed E-state index contributed by atoms with van der Waals surface area (Å²) in [6.45, 7) is 0. The third kappa shape index (κ3) is 4.66. The fraction of sp³-hybridized carbons (Fsp3) is 0. The fourth-order valence-corrected chi connectivity index (χ4v) is 9.74. The lowest BCUT2D eigenvalue weighted by molar-refractivity contribution is 1.30. The Morgan fingerprint density at radius 2 is 0.918 bits per heavy atom. The molecule has 0 atom stereocenters. The summed E-state index contributed by atoms with van der Waals surface area (Å²) in [5, 5.41) is 7.84. The Hall–Kier alpha value is -5.74. The molecule has 0 aliphatic heterocycles. The normalized spacial score (nSPS) is 11.7. The molecule has 8 aromatic carbocycles. The zero-order valence-electron chi connectivity index (χ0n) is 26.5. The third-order valence-corrected chi connectivity index (χ3v) is 12.0. The first-order valence-electron chi connectivity index (χ1n) is 16.6. The van der Waals surface area contributed by atoms with E-state index in [2.05, 4.69) is 181 Å². The average Bonchev–Trinajstić information content (AvgIpc) is 3.75. The van der Waals surface area contributed by atoms with Gasteiger partial charge in [-0.05, 0) is 81.6 Å². The summed E-state index contributed by atoms with van der Waals surface area (Å²) in [6.07, 6.45) is 0. The van der Waals surface area contributed by atoms with Gasteiger partial charge in [-0.25, -0.2) is 0 Å². The van der Waals surface area contributed by atoms with E-state index < -0.39 is 0 Å². The maximum absolute atomic E-state index is 2.45.